The van der Waals surface area contributed by atoms with Crippen molar-refractivity contribution >= 4 is 21.7 Å². The van der Waals surface area contributed by atoms with Gasteiger partial charge in [0.1, 0.15) is 10.6 Å². The van der Waals surface area contributed by atoms with Crippen LogP contribution in [0.25, 0.3) is 0 Å². The van der Waals surface area contributed by atoms with Crippen LogP contribution in [-0.4, -0.2) is 69.3 Å². The molecule has 0 spiro atoms. The van der Waals surface area contributed by atoms with Crippen LogP contribution in [0.1, 0.15) is 13.8 Å². The van der Waals surface area contributed by atoms with E-state index in [-0.39, 0.29) is 4.90 Å². The average Bonchev–Trinajstić information content (AvgIpc) is 2.75. The molecule has 0 N–H and O–H groups in total. The van der Waals surface area contributed by atoms with Crippen molar-refractivity contribution in [1.29, 1.82) is 0 Å². The predicted molar refractivity (Wildman–Crippen MR) is 110 cm³/mol. The Labute approximate surface area is 166 Å². The molecule has 2 aromatic rings. The second-order valence-corrected chi connectivity index (χ2v) is 8.37. The maximum Gasteiger partial charge on any atom is 0.246 e. The molecule has 0 radical (unpaired) electrons. The van der Waals surface area contributed by atoms with Crippen LogP contribution in [0.4, 0.5) is 11.6 Å². The molecule has 1 aliphatic rings. The highest BCUT2D eigenvalue weighted by atomic mass is 32.2. The number of rotatable bonds is 7. The molecule has 28 heavy (non-hydrogen) atoms. The Balaban J connectivity index is 1.69. The third-order valence-corrected chi connectivity index (χ3v) is 6.91. The molecule has 0 amide bonds. The van der Waals surface area contributed by atoms with Crippen molar-refractivity contribution in [1.82, 2.24) is 14.5 Å². The van der Waals surface area contributed by atoms with Crippen LogP contribution in [0.5, 0.6) is 5.75 Å². The van der Waals surface area contributed by atoms with E-state index in [2.05, 4.69) is 33.8 Å². The molecule has 1 aromatic heterocycles. The fourth-order valence-corrected chi connectivity index (χ4v) is 4.91. The first-order valence-corrected chi connectivity index (χ1v) is 10.9. The Hall–Kier alpha value is -2.39. The standard InChI is InChI=1S/C19H27N5O3S/c1-4-22(5-2)18-10-11-19(21-20-18)23-12-14-24(15-13-23)28(25,26)17-9-7-6-8-16(17)27-3/h6-11H,4-5,12-15H2,1-3H3. The van der Waals surface area contributed by atoms with E-state index in [9.17, 15) is 8.42 Å². The summed E-state index contributed by atoms with van der Waals surface area (Å²) in [5.74, 6) is 1.99. The van der Waals surface area contributed by atoms with Gasteiger partial charge in [-0.05, 0) is 38.1 Å². The summed E-state index contributed by atoms with van der Waals surface area (Å²) in [6, 6.07) is 10.6. The van der Waals surface area contributed by atoms with Gasteiger partial charge < -0.3 is 14.5 Å². The monoisotopic (exact) mass is 405 g/mol. The highest BCUT2D eigenvalue weighted by Gasteiger charge is 2.31. The molecule has 3 rings (SSSR count). The maximum absolute atomic E-state index is 13.0. The molecule has 0 atom stereocenters. The number of piperazine rings is 1. The van der Waals surface area contributed by atoms with Crippen LogP contribution in [-0.2, 0) is 10.0 Å². The number of nitrogens with zero attached hydrogens (tertiary/aromatic N) is 5. The van der Waals surface area contributed by atoms with Gasteiger partial charge in [-0.1, -0.05) is 12.1 Å². The van der Waals surface area contributed by atoms with Crippen LogP contribution < -0.4 is 14.5 Å². The smallest absolute Gasteiger partial charge is 0.246 e. The second kappa shape index (κ2) is 8.74. The zero-order valence-corrected chi connectivity index (χ0v) is 17.4. The largest absolute Gasteiger partial charge is 0.495 e. The highest BCUT2D eigenvalue weighted by Crippen LogP contribution is 2.27. The SMILES string of the molecule is CCN(CC)c1ccc(N2CCN(S(=O)(=O)c3ccccc3OC)CC2)nn1. The molecule has 1 saturated heterocycles. The minimum atomic E-state index is -3.60. The van der Waals surface area contributed by atoms with Crippen molar-refractivity contribution < 1.29 is 13.2 Å². The Bertz CT molecular complexity index is 877. The number of benzene rings is 1. The first-order valence-electron chi connectivity index (χ1n) is 9.48. The van der Waals surface area contributed by atoms with Crippen LogP contribution in [0.15, 0.2) is 41.3 Å². The first-order chi connectivity index (χ1) is 13.5. The number of methoxy groups -OCH3 is 1. The van der Waals surface area contributed by atoms with Crippen molar-refractivity contribution in [2.45, 2.75) is 18.7 Å². The first kappa shape index (κ1) is 20.3. The lowest BCUT2D eigenvalue weighted by atomic mass is 10.3. The molecule has 0 saturated carbocycles. The van der Waals surface area contributed by atoms with Gasteiger partial charge in [-0.25, -0.2) is 8.42 Å². The third-order valence-electron chi connectivity index (χ3n) is 4.97. The quantitative estimate of drug-likeness (QED) is 0.695. The molecule has 0 aliphatic carbocycles. The van der Waals surface area contributed by atoms with Crippen molar-refractivity contribution in [2.75, 3.05) is 56.2 Å². The van der Waals surface area contributed by atoms with Gasteiger partial charge in [0.05, 0.1) is 7.11 Å². The number of hydrogen-bond acceptors (Lipinski definition) is 7. The van der Waals surface area contributed by atoms with Gasteiger partial charge >= 0.3 is 0 Å². The fraction of sp³-hybridized carbons (Fsp3) is 0.474. The van der Waals surface area contributed by atoms with Crippen LogP contribution in [0.3, 0.4) is 0 Å². The number of sulfonamides is 1. The van der Waals surface area contributed by atoms with Crippen LogP contribution >= 0.6 is 0 Å². The normalized spacial score (nSPS) is 15.5. The zero-order chi connectivity index (χ0) is 20.1. The molecule has 2 heterocycles. The van der Waals surface area contributed by atoms with Gasteiger partial charge in [-0.3, -0.25) is 0 Å². The average molecular weight is 406 g/mol. The van der Waals surface area contributed by atoms with E-state index in [1.165, 1.54) is 11.4 Å². The molecule has 1 fully saturated rings. The summed E-state index contributed by atoms with van der Waals surface area (Å²) in [5.41, 5.74) is 0. The molecule has 1 aliphatic heterocycles. The minimum Gasteiger partial charge on any atom is -0.495 e. The fourth-order valence-electron chi connectivity index (χ4n) is 3.33. The molecular formula is C19H27N5O3S. The summed E-state index contributed by atoms with van der Waals surface area (Å²) < 4.78 is 32.7. The summed E-state index contributed by atoms with van der Waals surface area (Å²) in [5, 5.41) is 8.66. The number of para-hydroxylation sites is 1. The van der Waals surface area contributed by atoms with Crippen LogP contribution in [0, 0.1) is 0 Å². The maximum atomic E-state index is 13.0. The minimum absolute atomic E-state index is 0.203. The zero-order valence-electron chi connectivity index (χ0n) is 16.6. The molecular weight excluding hydrogens is 378 g/mol. The lowest BCUT2D eigenvalue weighted by Gasteiger charge is -2.34. The predicted octanol–water partition coefficient (Wildman–Crippen LogP) is 1.84. The second-order valence-electron chi connectivity index (χ2n) is 6.46. The summed E-state index contributed by atoms with van der Waals surface area (Å²) in [4.78, 5) is 4.40. The Morgan fingerprint density at radius 2 is 1.68 bits per heavy atom. The van der Waals surface area contributed by atoms with Gasteiger partial charge in [0, 0.05) is 39.3 Å². The molecule has 8 nitrogen and oxygen atoms in total. The summed E-state index contributed by atoms with van der Waals surface area (Å²) >= 11 is 0. The molecule has 0 unspecified atom stereocenters. The summed E-state index contributed by atoms with van der Waals surface area (Å²) in [6.45, 7) is 7.83. The lowest BCUT2D eigenvalue weighted by Crippen LogP contribution is -2.49. The topological polar surface area (TPSA) is 78.9 Å². The Morgan fingerprint density at radius 1 is 1.00 bits per heavy atom. The van der Waals surface area contributed by atoms with E-state index < -0.39 is 10.0 Å². The van der Waals surface area contributed by atoms with E-state index in [4.69, 9.17) is 4.74 Å². The van der Waals surface area contributed by atoms with Crippen molar-refractivity contribution in [3.8, 4) is 5.75 Å². The van der Waals surface area contributed by atoms with E-state index in [1.54, 1.807) is 24.3 Å². The number of ether oxygens (including phenoxy) is 1. The summed E-state index contributed by atoms with van der Waals surface area (Å²) in [7, 11) is -2.12. The Morgan fingerprint density at radius 3 is 2.25 bits per heavy atom. The number of aromatic nitrogens is 2. The van der Waals surface area contributed by atoms with Crippen molar-refractivity contribution in [3.63, 3.8) is 0 Å². The molecule has 1 aromatic carbocycles. The van der Waals surface area contributed by atoms with E-state index in [1.807, 2.05) is 12.1 Å². The number of hydrogen-bond donors (Lipinski definition) is 0. The van der Waals surface area contributed by atoms with E-state index in [0.717, 1.165) is 24.7 Å². The summed E-state index contributed by atoms with van der Waals surface area (Å²) in [6.07, 6.45) is 0. The van der Waals surface area contributed by atoms with Gasteiger partial charge in [0.15, 0.2) is 11.6 Å². The van der Waals surface area contributed by atoms with Crippen LogP contribution in [0.2, 0.25) is 0 Å². The van der Waals surface area contributed by atoms with E-state index >= 15 is 0 Å². The third kappa shape index (κ3) is 4.05. The lowest BCUT2D eigenvalue weighted by molar-refractivity contribution is 0.373. The van der Waals surface area contributed by atoms with Gasteiger partial charge in [-0.2, -0.15) is 4.31 Å². The number of anilines is 2. The van der Waals surface area contributed by atoms with Gasteiger partial charge in [0.2, 0.25) is 10.0 Å². The molecule has 0 bridgehead atoms. The van der Waals surface area contributed by atoms with Crippen molar-refractivity contribution in [2.24, 2.45) is 0 Å². The van der Waals surface area contributed by atoms with E-state index in [0.29, 0.717) is 31.9 Å². The molecule has 152 valence electrons. The highest BCUT2D eigenvalue weighted by molar-refractivity contribution is 7.89. The molecule has 9 heteroatoms. The van der Waals surface area contributed by atoms with Gasteiger partial charge in [-0.15, -0.1) is 10.2 Å². The Kier molecular flexibility index (Phi) is 6.35. The van der Waals surface area contributed by atoms with Crippen molar-refractivity contribution in [3.05, 3.63) is 36.4 Å². The van der Waals surface area contributed by atoms with Gasteiger partial charge in [0.25, 0.3) is 0 Å².